The van der Waals surface area contributed by atoms with Crippen LogP contribution in [0.15, 0.2) is 4.99 Å². The summed E-state index contributed by atoms with van der Waals surface area (Å²) in [6.07, 6.45) is 1.50. The first-order valence-corrected chi connectivity index (χ1v) is 7.30. The summed E-state index contributed by atoms with van der Waals surface area (Å²) < 4.78 is 4.78. The molecular weight excluding hydrogens is 399 g/mol. The number of nitrogens with zero attached hydrogens (tertiary/aromatic N) is 3. The van der Waals surface area contributed by atoms with Gasteiger partial charge in [0.25, 0.3) is 0 Å². The lowest BCUT2D eigenvalue weighted by molar-refractivity contribution is -0.146. The predicted molar refractivity (Wildman–Crippen MR) is 96.4 cm³/mol. The number of halogens is 1. The van der Waals surface area contributed by atoms with Crippen LogP contribution in [0.4, 0.5) is 0 Å². The van der Waals surface area contributed by atoms with Crippen molar-refractivity contribution in [3.05, 3.63) is 0 Å². The Morgan fingerprint density at radius 1 is 1.32 bits per heavy atom. The molecule has 1 aliphatic heterocycles. The van der Waals surface area contributed by atoms with Crippen molar-refractivity contribution in [3.8, 4) is 0 Å². The van der Waals surface area contributed by atoms with Crippen LogP contribution in [0.5, 0.6) is 0 Å². The van der Waals surface area contributed by atoms with E-state index in [0.717, 1.165) is 38.4 Å². The van der Waals surface area contributed by atoms with Crippen molar-refractivity contribution >= 4 is 41.8 Å². The molecule has 1 N–H and O–H groups in total. The molecule has 22 heavy (non-hydrogen) atoms. The van der Waals surface area contributed by atoms with Gasteiger partial charge in [0.05, 0.1) is 13.0 Å². The summed E-state index contributed by atoms with van der Waals surface area (Å²) in [6, 6.07) is 0. The van der Waals surface area contributed by atoms with Gasteiger partial charge in [-0.25, -0.2) is 4.99 Å². The van der Waals surface area contributed by atoms with Crippen molar-refractivity contribution in [2.24, 2.45) is 10.9 Å². The quantitative estimate of drug-likeness (QED) is 0.308. The van der Waals surface area contributed by atoms with Crippen LogP contribution < -0.4 is 5.32 Å². The molecule has 0 aromatic rings. The standard InChI is InChI=1S/C14H26N4O3.HI/c1-5-15-14(16-10-12(19)17(2)3)18-8-6-11(7-9-18)13(20)21-4;/h11H,5-10H2,1-4H3,(H,15,16);1H. The normalized spacial score (nSPS) is 15.8. The van der Waals surface area contributed by atoms with E-state index in [1.165, 1.54) is 12.0 Å². The lowest BCUT2D eigenvalue weighted by Gasteiger charge is -2.33. The predicted octanol–water partition coefficient (Wildman–Crippen LogP) is 0.543. The largest absolute Gasteiger partial charge is 0.469 e. The first-order chi connectivity index (χ1) is 9.99. The molecule has 7 nitrogen and oxygen atoms in total. The number of guanidine groups is 1. The van der Waals surface area contributed by atoms with Crippen molar-refractivity contribution in [1.29, 1.82) is 0 Å². The summed E-state index contributed by atoms with van der Waals surface area (Å²) in [4.78, 5) is 31.1. The number of carbonyl (C=O) groups is 2. The number of carbonyl (C=O) groups excluding carboxylic acids is 2. The number of rotatable bonds is 4. The number of ether oxygens (including phenoxy) is 1. The highest BCUT2D eigenvalue weighted by Crippen LogP contribution is 2.18. The Labute approximate surface area is 149 Å². The van der Waals surface area contributed by atoms with Gasteiger partial charge in [0.15, 0.2) is 5.96 Å². The van der Waals surface area contributed by atoms with Crippen LogP contribution in [0.1, 0.15) is 19.8 Å². The minimum atomic E-state index is -0.139. The summed E-state index contributed by atoms with van der Waals surface area (Å²) in [6.45, 7) is 4.34. The highest BCUT2D eigenvalue weighted by atomic mass is 127. The summed E-state index contributed by atoms with van der Waals surface area (Å²) in [5.74, 6) is 0.530. The highest BCUT2D eigenvalue weighted by molar-refractivity contribution is 14.0. The number of piperidine rings is 1. The number of likely N-dealkylation sites (N-methyl/N-ethyl adjacent to an activating group) is 1. The minimum Gasteiger partial charge on any atom is -0.469 e. The zero-order valence-corrected chi connectivity index (χ0v) is 16.1. The highest BCUT2D eigenvalue weighted by Gasteiger charge is 2.27. The number of aliphatic imine (C=N–C) groups is 1. The maximum absolute atomic E-state index is 11.6. The van der Waals surface area contributed by atoms with Crippen molar-refractivity contribution in [3.63, 3.8) is 0 Å². The van der Waals surface area contributed by atoms with Gasteiger partial charge >= 0.3 is 5.97 Å². The second-order valence-electron chi connectivity index (χ2n) is 5.24. The van der Waals surface area contributed by atoms with Crippen LogP contribution in [-0.2, 0) is 14.3 Å². The molecule has 0 spiro atoms. The monoisotopic (exact) mass is 426 g/mol. The van der Waals surface area contributed by atoms with Gasteiger partial charge in [-0.3, -0.25) is 9.59 Å². The molecule has 0 radical (unpaired) electrons. The third kappa shape index (κ3) is 6.37. The number of nitrogens with one attached hydrogen (secondary N) is 1. The fourth-order valence-corrected chi connectivity index (χ4v) is 2.20. The Balaban J connectivity index is 0.00000441. The van der Waals surface area contributed by atoms with Gasteiger partial charge in [0.2, 0.25) is 5.91 Å². The second-order valence-corrected chi connectivity index (χ2v) is 5.24. The fraction of sp³-hybridized carbons (Fsp3) is 0.786. The van der Waals surface area contributed by atoms with E-state index in [1.54, 1.807) is 14.1 Å². The molecule has 1 amide bonds. The molecule has 0 saturated carbocycles. The molecule has 0 bridgehead atoms. The van der Waals surface area contributed by atoms with Gasteiger partial charge in [-0.15, -0.1) is 24.0 Å². The smallest absolute Gasteiger partial charge is 0.308 e. The first-order valence-electron chi connectivity index (χ1n) is 7.30. The summed E-state index contributed by atoms with van der Waals surface area (Å²) in [5.41, 5.74) is 0. The number of likely N-dealkylation sites (tertiary alicyclic amines) is 1. The van der Waals surface area contributed by atoms with E-state index in [2.05, 4.69) is 15.2 Å². The van der Waals surface area contributed by atoms with E-state index in [4.69, 9.17) is 4.74 Å². The zero-order valence-electron chi connectivity index (χ0n) is 13.8. The fourth-order valence-electron chi connectivity index (χ4n) is 2.20. The van der Waals surface area contributed by atoms with E-state index in [9.17, 15) is 9.59 Å². The molecule has 8 heteroatoms. The molecule has 0 atom stereocenters. The molecule has 0 aromatic carbocycles. The van der Waals surface area contributed by atoms with Crippen LogP contribution in [0.25, 0.3) is 0 Å². The topological polar surface area (TPSA) is 74.2 Å². The number of hydrogen-bond acceptors (Lipinski definition) is 4. The van der Waals surface area contributed by atoms with Gasteiger partial charge in [-0.1, -0.05) is 0 Å². The third-order valence-corrected chi connectivity index (χ3v) is 3.53. The molecular formula is C14H27IN4O3. The van der Waals surface area contributed by atoms with Gasteiger partial charge in [0.1, 0.15) is 6.54 Å². The lowest BCUT2D eigenvalue weighted by Crippen LogP contribution is -2.47. The third-order valence-electron chi connectivity index (χ3n) is 3.53. The van der Waals surface area contributed by atoms with E-state index in [-0.39, 0.29) is 48.3 Å². The second kappa shape index (κ2) is 10.6. The van der Waals surface area contributed by atoms with Gasteiger partial charge in [-0.05, 0) is 19.8 Å². The van der Waals surface area contributed by atoms with E-state index < -0.39 is 0 Å². The average Bonchev–Trinajstić information content (AvgIpc) is 2.50. The Morgan fingerprint density at radius 3 is 2.36 bits per heavy atom. The number of amides is 1. The van der Waals surface area contributed by atoms with Gasteiger partial charge in [0, 0.05) is 33.7 Å². The SMILES string of the molecule is CCNC(=NCC(=O)N(C)C)N1CCC(C(=O)OC)CC1.I. The van der Waals surface area contributed by atoms with Crippen molar-refractivity contribution in [2.75, 3.05) is 47.4 Å². The lowest BCUT2D eigenvalue weighted by atomic mass is 9.97. The molecule has 1 fully saturated rings. The maximum Gasteiger partial charge on any atom is 0.308 e. The van der Waals surface area contributed by atoms with E-state index in [1.807, 2.05) is 6.92 Å². The van der Waals surface area contributed by atoms with E-state index >= 15 is 0 Å². The molecule has 128 valence electrons. The molecule has 0 aliphatic carbocycles. The van der Waals surface area contributed by atoms with Crippen LogP contribution in [0.3, 0.4) is 0 Å². The molecule has 1 aliphatic rings. The van der Waals surface area contributed by atoms with E-state index in [0.29, 0.717) is 0 Å². The Morgan fingerprint density at radius 2 is 1.91 bits per heavy atom. The van der Waals surface area contributed by atoms with Crippen molar-refractivity contribution in [2.45, 2.75) is 19.8 Å². The number of methoxy groups -OCH3 is 1. The summed E-state index contributed by atoms with van der Waals surface area (Å²) >= 11 is 0. The van der Waals surface area contributed by atoms with Crippen molar-refractivity contribution < 1.29 is 14.3 Å². The number of hydrogen-bond donors (Lipinski definition) is 1. The van der Waals surface area contributed by atoms with Gasteiger partial charge < -0.3 is 19.9 Å². The van der Waals surface area contributed by atoms with Crippen LogP contribution >= 0.6 is 24.0 Å². The number of esters is 1. The Hall–Kier alpha value is -1.06. The molecule has 0 unspecified atom stereocenters. The maximum atomic E-state index is 11.6. The minimum absolute atomic E-state index is 0. The average molecular weight is 426 g/mol. The zero-order chi connectivity index (χ0) is 15.8. The first kappa shape index (κ1) is 20.9. The van der Waals surface area contributed by atoms with Crippen LogP contribution in [0, 0.1) is 5.92 Å². The molecule has 0 aromatic heterocycles. The Kier molecular flexibility index (Phi) is 10.1. The van der Waals surface area contributed by atoms with Crippen LogP contribution in [-0.4, -0.2) is 75.0 Å². The molecule has 1 rings (SSSR count). The van der Waals surface area contributed by atoms with Crippen LogP contribution in [0.2, 0.25) is 0 Å². The van der Waals surface area contributed by atoms with Gasteiger partial charge in [-0.2, -0.15) is 0 Å². The molecule has 1 heterocycles. The molecule has 1 saturated heterocycles. The summed E-state index contributed by atoms with van der Waals surface area (Å²) in [5, 5.41) is 3.19. The Bertz CT molecular complexity index is 394. The summed E-state index contributed by atoms with van der Waals surface area (Å²) in [7, 11) is 4.85. The van der Waals surface area contributed by atoms with Crippen molar-refractivity contribution in [1.82, 2.24) is 15.1 Å².